The molecule has 0 spiro atoms. The van der Waals surface area contributed by atoms with Crippen molar-refractivity contribution in [2.75, 3.05) is 0 Å². The molecule has 2 aromatic heterocycles. The van der Waals surface area contributed by atoms with Crippen LogP contribution in [-0.4, -0.2) is 14.4 Å². The number of carbonyl (C=O) groups is 1. The number of hydrogen-bond donors (Lipinski definition) is 0. The Labute approximate surface area is 116 Å². The predicted octanol–water partition coefficient (Wildman–Crippen LogP) is 3.55. The van der Waals surface area contributed by atoms with Gasteiger partial charge in [0.15, 0.2) is 6.29 Å². The lowest BCUT2D eigenvalue weighted by molar-refractivity contribution is 0.112. The molecule has 3 heterocycles. The van der Waals surface area contributed by atoms with E-state index in [1.807, 2.05) is 11.3 Å². The van der Waals surface area contributed by atoms with Crippen LogP contribution in [0.1, 0.15) is 34.3 Å². The number of carbonyl (C=O) groups excluding carboxylic acids is 1. The van der Waals surface area contributed by atoms with Gasteiger partial charge in [0.05, 0.1) is 4.88 Å². The maximum Gasteiger partial charge on any atom is 0.160 e. The van der Waals surface area contributed by atoms with Crippen molar-refractivity contribution in [1.29, 1.82) is 0 Å². The van der Waals surface area contributed by atoms with Crippen LogP contribution in [0, 0.1) is 0 Å². The molecule has 1 aliphatic rings. The van der Waals surface area contributed by atoms with Crippen LogP contribution < -0.4 is 10.4 Å². The molecule has 1 aliphatic heterocycles. The molecule has 0 radical (unpaired) electrons. The topological polar surface area (TPSA) is 17.1 Å². The summed E-state index contributed by atoms with van der Waals surface area (Å²) in [4.78, 5) is 16.2. The van der Waals surface area contributed by atoms with Crippen molar-refractivity contribution in [3.63, 3.8) is 0 Å². The van der Waals surface area contributed by atoms with Crippen LogP contribution in [0.15, 0.2) is 12.1 Å². The van der Waals surface area contributed by atoms with E-state index in [0.29, 0.717) is 5.92 Å². The monoisotopic (exact) mass is 292 g/mol. The van der Waals surface area contributed by atoms with Gasteiger partial charge in [-0.15, -0.1) is 22.7 Å². The lowest BCUT2D eigenvalue weighted by Gasteiger charge is -2.16. The van der Waals surface area contributed by atoms with E-state index in [2.05, 4.69) is 39.1 Å². The van der Waals surface area contributed by atoms with Crippen molar-refractivity contribution < 1.29 is 4.79 Å². The number of fused-ring (bicyclic) bond motifs is 3. The Morgan fingerprint density at radius 3 is 2.33 bits per heavy atom. The highest BCUT2D eigenvalue weighted by Gasteiger charge is 2.41. The number of rotatable bonds is 2. The van der Waals surface area contributed by atoms with E-state index in [-0.39, 0.29) is 0 Å². The van der Waals surface area contributed by atoms with Gasteiger partial charge in [0.25, 0.3) is 0 Å². The first-order valence-electron chi connectivity index (χ1n) is 6.19. The van der Waals surface area contributed by atoms with Crippen molar-refractivity contribution >= 4 is 47.4 Å². The molecular weight excluding hydrogens is 276 g/mol. The summed E-state index contributed by atoms with van der Waals surface area (Å²) in [5, 5.41) is 3.04. The fraction of sp³-hybridized carbons (Fsp3) is 0.357. The normalized spacial score (nSPS) is 15.8. The molecule has 18 heavy (non-hydrogen) atoms. The Kier molecular flexibility index (Phi) is 2.66. The minimum Gasteiger partial charge on any atom is -0.297 e. The molecular formula is C14H16OS2Si. The minimum absolute atomic E-state index is 0.597. The molecule has 0 unspecified atom stereocenters. The van der Waals surface area contributed by atoms with Gasteiger partial charge in [-0.3, -0.25) is 4.79 Å². The van der Waals surface area contributed by atoms with E-state index >= 15 is 0 Å². The van der Waals surface area contributed by atoms with Gasteiger partial charge in [-0.1, -0.05) is 26.9 Å². The predicted molar refractivity (Wildman–Crippen MR) is 83.9 cm³/mol. The number of hydrogen-bond acceptors (Lipinski definition) is 3. The van der Waals surface area contributed by atoms with E-state index in [9.17, 15) is 4.79 Å². The van der Waals surface area contributed by atoms with Crippen LogP contribution in [0.25, 0.3) is 9.75 Å². The molecule has 0 aromatic carbocycles. The van der Waals surface area contributed by atoms with Crippen molar-refractivity contribution in [2.45, 2.75) is 32.9 Å². The quantitative estimate of drug-likeness (QED) is 0.611. The largest absolute Gasteiger partial charge is 0.297 e. The summed E-state index contributed by atoms with van der Waals surface area (Å²) in [5.74, 6) is 0.597. The number of thiophene rings is 2. The summed E-state index contributed by atoms with van der Waals surface area (Å²) in [6.45, 7) is 9.30. The molecule has 0 amide bonds. The van der Waals surface area contributed by atoms with Gasteiger partial charge in [0.1, 0.15) is 8.07 Å². The molecule has 4 heteroatoms. The lowest BCUT2D eigenvalue weighted by Crippen LogP contribution is -2.48. The Hall–Kier alpha value is -0.713. The van der Waals surface area contributed by atoms with Gasteiger partial charge in [-0.05, 0) is 28.4 Å². The van der Waals surface area contributed by atoms with Gasteiger partial charge in [-0.2, -0.15) is 0 Å². The van der Waals surface area contributed by atoms with Crippen molar-refractivity contribution in [3.8, 4) is 9.75 Å². The molecule has 3 rings (SSSR count). The minimum atomic E-state index is -1.54. The zero-order chi connectivity index (χ0) is 13.1. The van der Waals surface area contributed by atoms with Gasteiger partial charge < -0.3 is 0 Å². The highest BCUT2D eigenvalue weighted by Crippen LogP contribution is 2.40. The molecule has 94 valence electrons. The third kappa shape index (κ3) is 1.52. The smallest absolute Gasteiger partial charge is 0.160 e. The van der Waals surface area contributed by atoms with Crippen LogP contribution in [0.4, 0.5) is 0 Å². The summed E-state index contributed by atoms with van der Waals surface area (Å²) in [5.41, 5.74) is 0. The summed E-state index contributed by atoms with van der Waals surface area (Å²) >= 11 is 3.60. The van der Waals surface area contributed by atoms with E-state index < -0.39 is 8.07 Å². The van der Waals surface area contributed by atoms with E-state index in [1.165, 1.54) is 19.8 Å². The Balaban J connectivity index is 2.25. The van der Waals surface area contributed by atoms with Gasteiger partial charge >= 0.3 is 0 Å². The fourth-order valence-corrected chi connectivity index (χ4v) is 9.61. The highest BCUT2D eigenvalue weighted by atomic mass is 32.1. The van der Waals surface area contributed by atoms with Gasteiger partial charge in [-0.25, -0.2) is 0 Å². The molecule has 0 saturated carbocycles. The SMILES string of the molecule is CC(C)c1cc2c(s1)-c1sc(C=O)cc1[Si]2(C)C. The van der Waals surface area contributed by atoms with Crippen molar-refractivity contribution in [2.24, 2.45) is 0 Å². The molecule has 0 aliphatic carbocycles. The molecule has 1 nitrogen and oxygen atoms in total. The van der Waals surface area contributed by atoms with Crippen LogP contribution in [-0.2, 0) is 0 Å². The molecule has 0 saturated heterocycles. The molecule has 0 bridgehead atoms. The van der Waals surface area contributed by atoms with Gasteiger partial charge in [0, 0.05) is 14.6 Å². The summed E-state index contributed by atoms with van der Waals surface area (Å²) in [6, 6.07) is 4.55. The van der Waals surface area contributed by atoms with E-state index in [0.717, 1.165) is 11.2 Å². The maximum atomic E-state index is 11.0. The standard InChI is InChI=1S/C14H16OS2Si/c1-8(2)10-6-12-14(17-10)13-11(18(12,3)4)5-9(7-15)16-13/h5-8H,1-4H3. The summed E-state index contributed by atoms with van der Waals surface area (Å²) in [7, 11) is -1.54. The first-order chi connectivity index (χ1) is 8.45. The molecule has 0 N–H and O–H groups in total. The van der Waals surface area contributed by atoms with Gasteiger partial charge in [0.2, 0.25) is 0 Å². The third-order valence-electron chi connectivity index (χ3n) is 3.74. The fourth-order valence-electron chi connectivity index (χ4n) is 2.57. The van der Waals surface area contributed by atoms with Crippen molar-refractivity contribution in [1.82, 2.24) is 0 Å². The van der Waals surface area contributed by atoms with E-state index in [4.69, 9.17) is 0 Å². The second-order valence-electron chi connectivity index (χ2n) is 5.68. The summed E-state index contributed by atoms with van der Waals surface area (Å²) in [6.07, 6.45) is 0.990. The van der Waals surface area contributed by atoms with Crippen LogP contribution in [0.2, 0.25) is 13.1 Å². The average molecular weight is 293 g/mol. The van der Waals surface area contributed by atoms with E-state index in [1.54, 1.807) is 16.5 Å². The zero-order valence-electron chi connectivity index (χ0n) is 11.0. The maximum absolute atomic E-state index is 11.0. The molecule has 0 fully saturated rings. The second kappa shape index (κ2) is 3.89. The third-order valence-corrected chi connectivity index (χ3v) is 10.2. The Bertz CT molecular complexity index is 634. The lowest BCUT2D eigenvalue weighted by atomic mass is 10.2. The highest BCUT2D eigenvalue weighted by molar-refractivity contribution is 7.29. The van der Waals surface area contributed by atoms with Crippen LogP contribution in [0.5, 0.6) is 0 Å². The first kappa shape index (κ1) is 12.3. The number of aldehydes is 1. The second-order valence-corrected chi connectivity index (χ2v) is 12.2. The Morgan fingerprint density at radius 2 is 1.72 bits per heavy atom. The average Bonchev–Trinajstić information content (AvgIpc) is 2.95. The Morgan fingerprint density at radius 1 is 1.11 bits per heavy atom. The molecule has 0 atom stereocenters. The summed E-state index contributed by atoms with van der Waals surface area (Å²) < 4.78 is 0. The molecule has 2 aromatic rings. The van der Waals surface area contributed by atoms with Crippen LogP contribution in [0.3, 0.4) is 0 Å². The zero-order valence-corrected chi connectivity index (χ0v) is 13.7. The van der Waals surface area contributed by atoms with Crippen LogP contribution >= 0.6 is 22.7 Å². The van der Waals surface area contributed by atoms with Crippen molar-refractivity contribution in [3.05, 3.63) is 21.9 Å². The first-order valence-corrected chi connectivity index (χ1v) is 10.8.